The minimum Gasteiger partial charge on any atom is -0.295 e. The molecular weight excluding hydrogens is 300 g/mol. The zero-order chi connectivity index (χ0) is 17.1. The van der Waals surface area contributed by atoms with Crippen LogP contribution in [0.1, 0.15) is 52.4 Å². The quantitative estimate of drug-likeness (QED) is 0.574. The number of carbonyl (C=O) groups is 3. The number of allylic oxidation sites excluding steroid dienone is 4. The van der Waals surface area contributed by atoms with Crippen molar-refractivity contribution in [3.63, 3.8) is 0 Å². The molecule has 0 heterocycles. The molecule has 0 aromatic heterocycles. The topological polar surface area (TPSA) is 51.2 Å². The Morgan fingerprint density at radius 2 is 1.96 bits per heavy atom. The van der Waals surface area contributed by atoms with Gasteiger partial charge in [-0.25, -0.2) is 0 Å². The largest absolute Gasteiger partial charge is 0.295 e. The van der Waals surface area contributed by atoms with Gasteiger partial charge in [-0.1, -0.05) is 25.5 Å². The van der Waals surface area contributed by atoms with E-state index in [9.17, 15) is 14.4 Å². The minimum absolute atomic E-state index is 0.00487. The van der Waals surface area contributed by atoms with E-state index in [1.807, 2.05) is 6.08 Å². The maximum atomic E-state index is 12.1. The van der Waals surface area contributed by atoms with Gasteiger partial charge in [-0.3, -0.25) is 14.4 Å². The molecule has 3 nitrogen and oxygen atoms in total. The molecular formula is C21H26O3. The second-order valence-corrected chi connectivity index (χ2v) is 8.80. The van der Waals surface area contributed by atoms with Gasteiger partial charge in [0.05, 0.1) is 0 Å². The van der Waals surface area contributed by atoms with Gasteiger partial charge in [-0.2, -0.15) is 0 Å². The lowest BCUT2D eigenvalue weighted by Crippen LogP contribution is -2.50. The van der Waals surface area contributed by atoms with Crippen LogP contribution in [0, 0.1) is 34.5 Å². The molecule has 128 valence electrons. The van der Waals surface area contributed by atoms with Crippen LogP contribution >= 0.6 is 0 Å². The van der Waals surface area contributed by atoms with Crippen LogP contribution in [0.15, 0.2) is 23.8 Å². The first-order chi connectivity index (χ1) is 11.4. The Bertz CT molecular complexity index is 673. The summed E-state index contributed by atoms with van der Waals surface area (Å²) in [5.74, 6) is 1.56. The molecule has 0 aromatic carbocycles. The van der Waals surface area contributed by atoms with E-state index >= 15 is 0 Å². The summed E-state index contributed by atoms with van der Waals surface area (Å²) in [6.07, 6.45) is 12.5. The molecule has 4 rings (SSSR count). The first-order valence-electron chi connectivity index (χ1n) is 9.33. The minimum atomic E-state index is -0.191. The van der Waals surface area contributed by atoms with Crippen LogP contribution in [0.3, 0.4) is 0 Å². The first kappa shape index (κ1) is 16.0. The number of rotatable bonds is 2. The fourth-order valence-corrected chi connectivity index (χ4v) is 6.75. The zero-order valence-corrected chi connectivity index (χ0v) is 14.6. The molecule has 3 heteroatoms. The Morgan fingerprint density at radius 3 is 2.71 bits per heavy atom. The molecule has 0 aromatic rings. The predicted molar refractivity (Wildman–Crippen MR) is 91.2 cm³/mol. The van der Waals surface area contributed by atoms with E-state index in [1.165, 1.54) is 5.57 Å². The summed E-state index contributed by atoms with van der Waals surface area (Å²) in [5.41, 5.74) is 1.30. The highest BCUT2D eigenvalue weighted by atomic mass is 16.2. The van der Waals surface area contributed by atoms with Gasteiger partial charge >= 0.3 is 0 Å². The van der Waals surface area contributed by atoms with Gasteiger partial charge in [0.1, 0.15) is 0 Å². The van der Waals surface area contributed by atoms with Crippen LogP contribution in [0.25, 0.3) is 0 Å². The second-order valence-electron chi connectivity index (χ2n) is 8.80. The van der Waals surface area contributed by atoms with Crippen molar-refractivity contribution < 1.29 is 14.4 Å². The fraction of sp³-hybridized carbons (Fsp3) is 0.667. The third kappa shape index (κ3) is 1.99. The first-order valence-corrected chi connectivity index (χ1v) is 9.33. The van der Waals surface area contributed by atoms with Crippen LogP contribution in [0.2, 0.25) is 0 Å². The smallest absolute Gasteiger partial charge is 0.198 e. The molecule has 0 spiro atoms. The Balaban J connectivity index is 1.67. The molecule has 6 atom stereocenters. The molecule has 4 aliphatic rings. The average molecular weight is 326 g/mol. The zero-order valence-electron chi connectivity index (χ0n) is 14.6. The van der Waals surface area contributed by atoms with E-state index in [4.69, 9.17) is 0 Å². The van der Waals surface area contributed by atoms with Crippen LogP contribution in [-0.4, -0.2) is 17.9 Å². The summed E-state index contributed by atoms with van der Waals surface area (Å²) in [7, 11) is 0. The Hall–Kier alpha value is -1.51. The maximum Gasteiger partial charge on any atom is 0.198 e. The Labute approximate surface area is 143 Å². The van der Waals surface area contributed by atoms with Gasteiger partial charge in [0.15, 0.2) is 17.9 Å². The highest BCUT2D eigenvalue weighted by molar-refractivity contribution is 6.26. The standard InChI is InChI=1S/C21H26O3/c1-20-9-7-14(23)11-13(20)3-4-15-16-5-6-18(19(24)12-22)21(16,2)10-8-17(15)20/h7,9,11-12,15-18H,3-6,8,10H2,1-2H3/t15-,16-,17-,18+,20-,21-/m0/s1. The average Bonchev–Trinajstić information content (AvgIpc) is 2.92. The summed E-state index contributed by atoms with van der Waals surface area (Å²) in [6, 6.07) is 0. The summed E-state index contributed by atoms with van der Waals surface area (Å²) >= 11 is 0. The number of carbonyl (C=O) groups excluding carboxylic acids is 3. The highest BCUT2D eigenvalue weighted by Crippen LogP contribution is 2.65. The van der Waals surface area contributed by atoms with Crippen molar-refractivity contribution in [3.05, 3.63) is 23.8 Å². The molecule has 0 radical (unpaired) electrons. The molecule has 0 saturated heterocycles. The molecule has 0 bridgehead atoms. The van der Waals surface area contributed by atoms with Gasteiger partial charge in [-0.05, 0) is 73.8 Å². The van der Waals surface area contributed by atoms with E-state index in [-0.39, 0.29) is 28.3 Å². The predicted octanol–water partition coefficient (Wildman–Crippen LogP) is 3.68. The molecule has 0 unspecified atom stereocenters. The monoisotopic (exact) mass is 326 g/mol. The molecule has 0 aliphatic heterocycles. The summed E-state index contributed by atoms with van der Waals surface area (Å²) in [6.45, 7) is 4.55. The normalized spacial score (nSPS) is 46.6. The Morgan fingerprint density at radius 1 is 1.17 bits per heavy atom. The lowest BCUT2D eigenvalue weighted by molar-refractivity contribution is -0.137. The molecule has 0 N–H and O–H groups in total. The van der Waals surface area contributed by atoms with Crippen LogP contribution < -0.4 is 0 Å². The number of Topliss-reactive ketones (excluding diaryl/α,β-unsaturated/α-hetero) is 1. The van der Waals surface area contributed by atoms with E-state index in [0.717, 1.165) is 38.5 Å². The lowest BCUT2D eigenvalue weighted by atomic mass is 9.47. The van der Waals surface area contributed by atoms with Gasteiger partial charge in [0, 0.05) is 11.3 Å². The maximum absolute atomic E-state index is 12.1. The van der Waals surface area contributed by atoms with Crippen molar-refractivity contribution >= 4 is 17.9 Å². The van der Waals surface area contributed by atoms with E-state index < -0.39 is 0 Å². The summed E-state index contributed by atoms with van der Waals surface area (Å²) in [5, 5.41) is 0. The number of hydrogen-bond acceptors (Lipinski definition) is 3. The summed E-state index contributed by atoms with van der Waals surface area (Å²) in [4.78, 5) is 35.0. The molecule has 3 saturated carbocycles. The van der Waals surface area contributed by atoms with E-state index in [2.05, 4.69) is 19.9 Å². The molecule has 0 amide bonds. The number of hydrogen-bond donors (Lipinski definition) is 0. The highest BCUT2D eigenvalue weighted by Gasteiger charge is 2.59. The van der Waals surface area contributed by atoms with Gasteiger partial charge in [0.2, 0.25) is 0 Å². The SMILES string of the molecule is C[C@]12CC[C@H]3[C@@H](CCC4=CC(=O)C=C[C@@]43C)[C@@H]1CC[C@@H]2C(=O)C=O. The third-order valence-electron chi connectivity index (χ3n) is 8.02. The molecule has 4 aliphatic carbocycles. The van der Waals surface area contributed by atoms with Gasteiger partial charge < -0.3 is 0 Å². The van der Waals surface area contributed by atoms with Crippen molar-refractivity contribution in [1.29, 1.82) is 0 Å². The third-order valence-corrected chi connectivity index (χ3v) is 8.02. The van der Waals surface area contributed by atoms with E-state index in [0.29, 0.717) is 24.0 Å². The Kier molecular flexibility index (Phi) is 3.49. The fourth-order valence-electron chi connectivity index (χ4n) is 6.75. The lowest BCUT2D eigenvalue weighted by Gasteiger charge is -2.56. The number of ketones is 2. The van der Waals surface area contributed by atoms with Crippen molar-refractivity contribution in [1.82, 2.24) is 0 Å². The van der Waals surface area contributed by atoms with Gasteiger partial charge in [0.25, 0.3) is 0 Å². The number of aldehydes is 1. The molecule has 3 fully saturated rings. The van der Waals surface area contributed by atoms with Crippen molar-refractivity contribution in [2.75, 3.05) is 0 Å². The van der Waals surface area contributed by atoms with Crippen molar-refractivity contribution in [2.24, 2.45) is 34.5 Å². The van der Waals surface area contributed by atoms with Crippen LogP contribution in [-0.2, 0) is 14.4 Å². The van der Waals surface area contributed by atoms with Crippen molar-refractivity contribution in [3.8, 4) is 0 Å². The number of fused-ring (bicyclic) bond motifs is 5. The van der Waals surface area contributed by atoms with E-state index in [1.54, 1.807) is 6.08 Å². The molecule has 24 heavy (non-hydrogen) atoms. The van der Waals surface area contributed by atoms with Crippen LogP contribution in [0.4, 0.5) is 0 Å². The van der Waals surface area contributed by atoms with Crippen molar-refractivity contribution in [2.45, 2.75) is 52.4 Å². The van der Waals surface area contributed by atoms with Crippen LogP contribution in [0.5, 0.6) is 0 Å². The second kappa shape index (κ2) is 5.24. The van der Waals surface area contributed by atoms with Gasteiger partial charge in [-0.15, -0.1) is 0 Å². The summed E-state index contributed by atoms with van der Waals surface area (Å²) < 4.78 is 0.